The normalized spacial score (nSPS) is 10.8. The van der Waals surface area contributed by atoms with Crippen LogP contribution in [-0.4, -0.2) is 25.3 Å². The summed E-state index contributed by atoms with van der Waals surface area (Å²) in [5.41, 5.74) is 0.744. The molecule has 8 nitrogen and oxygen atoms in total. The van der Waals surface area contributed by atoms with Crippen LogP contribution in [0, 0.1) is 6.92 Å². The van der Waals surface area contributed by atoms with Gasteiger partial charge in [-0.05, 0) is 25.1 Å². The Morgan fingerprint density at radius 1 is 0.885 bits per heavy atom. The van der Waals surface area contributed by atoms with Crippen molar-refractivity contribution in [2.45, 2.75) is 19.8 Å². The minimum absolute atomic E-state index is 0.473. The van der Waals surface area contributed by atoms with Crippen molar-refractivity contribution in [3.05, 3.63) is 66.3 Å². The number of aromatic nitrogens is 5. The molecule has 4 rings (SSSR count). The van der Waals surface area contributed by atoms with Crippen molar-refractivity contribution >= 4 is 0 Å². The van der Waals surface area contributed by atoms with Gasteiger partial charge in [-0.25, -0.2) is 4.98 Å². The van der Waals surface area contributed by atoms with Crippen LogP contribution in [0.1, 0.15) is 17.6 Å². The van der Waals surface area contributed by atoms with E-state index in [0.29, 0.717) is 42.2 Å². The van der Waals surface area contributed by atoms with Crippen LogP contribution in [0.3, 0.4) is 0 Å². The highest BCUT2D eigenvalue weighted by atomic mass is 16.5. The molecule has 0 bridgehead atoms. The van der Waals surface area contributed by atoms with Crippen LogP contribution < -0.4 is 4.74 Å². The first kappa shape index (κ1) is 15.9. The van der Waals surface area contributed by atoms with Crippen LogP contribution in [0.5, 0.6) is 11.6 Å². The molecule has 0 unspecified atom stereocenters. The van der Waals surface area contributed by atoms with Crippen molar-refractivity contribution < 1.29 is 13.8 Å². The van der Waals surface area contributed by atoms with Crippen LogP contribution in [0.25, 0.3) is 11.4 Å². The van der Waals surface area contributed by atoms with Gasteiger partial charge in [-0.1, -0.05) is 28.5 Å². The molecule has 3 heterocycles. The van der Waals surface area contributed by atoms with E-state index in [2.05, 4.69) is 25.3 Å². The van der Waals surface area contributed by atoms with E-state index < -0.39 is 0 Å². The molecule has 3 aromatic heterocycles. The minimum atomic E-state index is 0.473. The van der Waals surface area contributed by atoms with Crippen LogP contribution in [0.4, 0.5) is 0 Å². The molecule has 0 fully saturated rings. The van der Waals surface area contributed by atoms with Gasteiger partial charge < -0.3 is 13.8 Å². The van der Waals surface area contributed by atoms with Crippen molar-refractivity contribution in [1.82, 2.24) is 25.3 Å². The molecule has 0 saturated heterocycles. The third kappa shape index (κ3) is 3.75. The predicted octanol–water partition coefficient (Wildman–Crippen LogP) is 3.40. The van der Waals surface area contributed by atoms with Gasteiger partial charge >= 0.3 is 0 Å². The third-order valence-electron chi connectivity index (χ3n) is 3.55. The second-order valence-electron chi connectivity index (χ2n) is 5.55. The van der Waals surface area contributed by atoms with Crippen LogP contribution in [0.15, 0.2) is 57.7 Å². The maximum Gasteiger partial charge on any atom is 0.227 e. The summed E-state index contributed by atoms with van der Waals surface area (Å²) in [7, 11) is 0. The van der Waals surface area contributed by atoms with Gasteiger partial charge in [-0.3, -0.25) is 0 Å². The summed E-state index contributed by atoms with van der Waals surface area (Å²) in [6.45, 7) is 1.77. The lowest BCUT2D eigenvalue weighted by Gasteiger charge is -2.04. The maximum absolute atomic E-state index is 5.67. The highest BCUT2D eigenvalue weighted by Crippen LogP contribution is 2.22. The molecular weight excluding hydrogens is 334 g/mol. The largest absolute Gasteiger partial charge is 0.439 e. The molecule has 0 aliphatic heterocycles. The Kier molecular flexibility index (Phi) is 4.38. The lowest BCUT2D eigenvalue weighted by atomic mass is 10.2. The number of hydrogen-bond acceptors (Lipinski definition) is 8. The topological polar surface area (TPSA) is 100.0 Å². The van der Waals surface area contributed by atoms with E-state index in [-0.39, 0.29) is 0 Å². The second-order valence-corrected chi connectivity index (χ2v) is 5.55. The quantitative estimate of drug-likeness (QED) is 0.522. The number of para-hydroxylation sites is 1. The Morgan fingerprint density at radius 2 is 1.65 bits per heavy atom. The van der Waals surface area contributed by atoms with E-state index in [1.807, 2.05) is 36.4 Å². The molecule has 4 aromatic rings. The lowest BCUT2D eigenvalue weighted by molar-refractivity contribution is 0.352. The summed E-state index contributed by atoms with van der Waals surface area (Å²) < 4.78 is 16.0. The Bertz CT molecular complexity index is 980. The average Bonchev–Trinajstić information content (AvgIpc) is 3.30. The number of pyridine rings is 1. The third-order valence-corrected chi connectivity index (χ3v) is 3.55. The molecule has 26 heavy (non-hydrogen) atoms. The molecule has 0 amide bonds. The molecule has 0 radical (unpaired) electrons. The fraction of sp³-hybridized carbons (Fsp3) is 0.167. The van der Waals surface area contributed by atoms with E-state index in [9.17, 15) is 0 Å². The van der Waals surface area contributed by atoms with Gasteiger partial charge in [-0.15, -0.1) is 0 Å². The smallest absolute Gasteiger partial charge is 0.227 e. The van der Waals surface area contributed by atoms with Crippen LogP contribution >= 0.6 is 0 Å². The number of ether oxygens (including phenoxy) is 1. The number of nitrogens with zero attached hydrogens (tertiary/aromatic N) is 5. The number of hydrogen-bond donors (Lipinski definition) is 0. The molecular formula is C18H15N5O3. The molecule has 1 aromatic carbocycles. The first-order valence-electron chi connectivity index (χ1n) is 8.07. The van der Waals surface area contributed by atoms with Gasteiger partial charge in [0.15, 0.2) is 5.82 Å². The van der Waals surface area contributed by atoms with Crippen molar-refractivity contribution in [2.75, 3.05) is 0 Å². The minimum Gasteiger partial charge on any atom is -0.439 e. The highest BCUT2D eigenvalue weighted by molar-refractivity contribution is 5.53. The summed E-state index contributed by atoms with van der Waals surface area (Å²) in [6, 6.07) is 13.1. The molecule has 0 N–H and O–H groups in total. The van der Waals surface area contributed by atoms with Crippen molar-refractivity contribution in [1.29, 1.82) is 0 Å². The maximum atomic E-state index is 5.67. The van der Waals surface area contributed by atoms with Gasteiger partial charge in [-0.2, -0.15) is 9.97 Å². The molecule has 0 aliphatic rings. The summed E-state index contributed by atoms with van der Waals surface area (Å²) >= 11 is 0. The van der Waals surface area contributed by atoms with E-state index in [4.69, 9.17) is 13.8 Å². The molecule has 0 aliphatic carbocycles. The monoisotopic (exact) mass is 349 g/mol. The highest BCUT2D eigenvalue weighted by Gasteiger charge is 2.11. The Balaban J connectivity index is 1.40. The van der Waals surface area contributed by atoms with Gasteiger partial charge in [0.2, 0.25) is 23.5 Å². The van der Waals surface area contributed by atoms with Crippen LogP contribution in [-0.2, 0) is 12.8 Å². The van der Waals surface area contributed by atoms with Gasteiger partial charge in [0.1, 0.15) is 5.75 Å². The molecule has 8 heteroatoms. The fourth-order valence-corrected chi connectivity index (χ4v) is 2.31. The van der Waals surface area contributed by atoms with E-state index >= 15 is 0 Å². The van der Waals surface area contributed by atoms with E-state index in [1.54, 1.807) is 19.2 Å². The van der Waals surface area contributed by atoms with Crippen LogP contribution in [0.2, 0.25) is 0 Å². The number of aryl methyl sites for hydroxylation is 3. The second kappa shape index (κ2) is 7.14. The standard InChI is InChI=1S/C18H15N5O3/c1-12-20-16(25-22-12)9-10-17-21-18(23-26-17)13-7-8-15(19-11-13)24-14-5-3-2-4-6-14/h2-8,11H,9-10H2,1H3. The summed E-state index contributed by atoms with van der Waals surface area (Å²) in [6.07, 6.45) is 2.72. The number of benzene rings is 1. The van der Waals surface area contributed by atoms with E-state index in [1.165, 1.54) is 0 Å². The predicted molar refractivity (Wildman–Crippen MR) is 90.5 cm³/mol. The van der Waals surface area contributed by atoms with Gasteiger partial charge in [0.25, 0.3) is 0 Å². The molecule has 130 valence electrons. The Hall–Kier alpha value is -3.55. The zero-order valence-corrected chi connectivity index (χ0v) is 14.0. The zero-order chi connectivity index (χ0) is 17.8. The van der Waals surface area contributed by atoms with E-state index in [0.717, 1.165) is 11.3 Å². The van der Waals surface area contributed by atoms with Crippen molar-refractivity contribution in [2.24, 2.45) is 0 Å². The molecule has 0 spiro atoms. The first-order valence-corrected chi connectivity index (χ1v) is 8.07. The van der Waals surface area contributed by atoms with Gasteiger partial charge in [0.05, 0.1) is 0 Å². The Morgan fingerprint density at radius 3 is 2.35 bits per heavy atom. The number of rotatable bonds is 6. The van der Waals surface area contributed by atoms with Crippen molar-refractivity contribution in [3.8, 4) is 23.0 Å². The molecule has 0 atom stereocenters. The lowest BCUT2D eigenvalue weighted by Crippen LogP contribution is -1.92. The fourth-order valence-electron chi connectivity index (χ4n) is 2.31. The SMILES string of the molecule is Cc1noc(CCc2nc(-c3ccc(Oc4ccccc4)nc3)no2)n1. The summed E-state index contributed by atoms with van der Waals surface area (Å²) in [4.78, 5) is 12.8. The van der Waals surface area contributed by atoms with Gasteiger partial charge in [0, 0.05) is 30.7 Å². The first-order chi connectivity index (χ1) is 12.8. The van der Waals surface area contributed by atoms with Crippen molar-refractivity contribution in [3.63, 3.8) is 0 Å². The zero-order valence-electron chi connectivity index (χ0n) is 14.0. The average molecular weight is 349 g/mol. The summed E-state index contributed by atoms with van der Waals surface area (Å²) in [5.74, 6) is 3.35. The summed E-state index contributed by atoms with van der Waals surface area (Å²) in [5, 5.41) is 7.73. The Labute approximate surface area is 148 Å². The molecule has 0 saturated carbocycles.